The predicted octanol–water partition coefficient (Wildman–Crippen LogP) is 3.66. The first kappa shape index (κ1) is 27.2. The summed E-state index contributed by atoms with van der Waals surface area (Å²) in [6.45, 7) is -0.485. The number of carbonyl (C=O) groups excluding carboxylic acids is 1. The van der Waals surface area contributed by atoms with E-state index in [2.05, 4.69) is 20.7 Å². The molecule has 1 heterocycles. The van der Waals surface area contributed by atoms with Gasteiger partial charge in [-0.15, -0.1) is 10.2 Å². The van der Waals surface area contributed by atoms with Crippen molar-refractivity contribution in [2.24, 2.45) is 5.10 Å². The van der Waals surface area contributed by atoms with Gasteiger partial charge in [0.1, 0.15) is 5.75 Å². The summed E-state index contributed by atoms with van der Waals surface area (Å²) in [5, 5.41) is 22.0. The summed E-state index contributed by atoms with van der Waals surface area (Å²) in [5.74, 6) is 0.617. The van der Waals surface area contributed by atoms with Crippen molar-refractivity contribution in [3.63, 3.8) is 0 Å². The fourth-order valence-electron chi connectivity index (χ4n) is 3.53. The number of hydrogen-bond donors (Lipinski definition) is 2. The van der Waals surface area contributed by atoms with Gasteiger partial charge in [0.05, 0.1) is 26.2 Å². The number of hydrogen-bond acceptors (Lipinski definition) is 9. The minimum Gasteiger partial charge on any atom is -0.493 e. The monoisotopic (exact) mass is 547 g/mol. The third kappa shape index (κ3) is 6.93. The maximum atomic E-state index is 12.5. The minimum absolute atomic E-state index is 0.0192. The highest BCUT2D eigenvalue weighted by Crippen LogP contribution is 2.34. The minimum atomic E-state index is -1.09. The molecule has 200 valence electrons. The van der Waals surface area contributed by atoms with Gasteiger partial charge in [0.15, 0.2) is 29.1 Å². The Morgan fingerprint density at radius 1 is 0.974 bits per heavy atom. The third-order valence-electron chi connectivity index (χ3n) is 5.28. The van der Waals surface area contributed by atoms with Crippen LogP contribution in [0.3, 0.4) is 0 Å². The molecular formula is C27H25N5O6S. The summed E-state index contributed by atoms with van der Waals surface area (Å²) in [7, 11) is 3.13. The number of amides is 1. The van der Waals surface area contributed by atoms with Gasteiger partial charge in [-0.1, -0.05) is 42.1 Å². The largest absolute Gasteiger partial charge is 0.493 e. The zero-order valence-corrected chi connectivity index (χ0v) is 21.9. The molecule has 4 rings (SSSR count). The molecule has 39 heavy (non-hydrogen) atoms. The van der Waals surface area contributed by atoms with Crippen molar-refractivity contribution >= 4 is 29.9 Å². The van der Waals surface area contributed by atoms with Crippen molar-refractivity contribution in [3.8, 4) is 34.3 Å². The summed E-state index contributed by atoms with van der Waals surface area (Å²) in [5.41, 5.74) is 4.58. The zero-order chi connectivity index (χ0) is 27.6. The molecule has 1 amide bonds. The van der Waals surface area contributed by atoms with Gasteiger partial charge in [0, 0.05) is 16.8 Å². The molecule has 0 aliphatic carbocycles. The fraction of sp³-hybridized carbons (Fsp3) is 0.148. The van der Waals surface area contributed by atoms with E-state index in [4.69, 9.17) is 19.3 Å². The van der Waals surface area contributed by atoms with Gasteiger partial charge in [-0.2, -0.15) is 5.10 Å². The number of benzene rings is 3. The predicted molar refractivity (Wildman–Crippen MR) is 146 cm³/mol. The molecule has 11 nitrogen and oxygen atoms in total. The first-order valence-corrected chi connectivity index (χ1v) is 12.6. The van der Waals surface area contributed by atoms with Crippen LogP contribution >= 0.6 is 11.8 Å². The molecule has 0 atom stereocenters. The number of nitrogens with zero attached hydrogens (tertiary/aromatic N) is 4. The lowest BCUT2D eigenvalue weighted by Crippen LogP contribution is -2.20. The highest BCUT2D eigenvalue weighted by Gasteiger charge is 2.18. The topological polar surface area (TPSA) is 137 Å². The molecule has 1 aromatic heterocycles. The Bertz CT molecular complexity index is 1470. The van der Waals surface area contributed by atoms with Crippen LogP contribution in [0.5, 0.6) is 17.2 Å². The fourth-order valence-corrected chi connectivity index (χ4v) is 4.27. The molecule has 2 N–H and O–H groups in total. The molecule has 4 aromatic rings. The number of methoxy groups -OCH3 is 2. The average Bonchev–Trinajstić information content (AvgIpc) is 3.39. The summed E-state index contributed by atoms with van der Waals surface area (Å²) in [4.78, 5) is 23.3. The van der Waals surface area contributed by atoms with Gasteiger partial charge in [-0.05, 0) is 42.5 Å². The molecule has 3 aromatic carbocycles. The Balaban J connectivity index is 1.49. The Hall–Kier alpha value is -4.84. The van der Waals surface area contributed by atoms with Crippen molar-refractivity contribution in [2.45, 2.75) is 5.16 Å². The summed E-state index contributed by atoms with van der Waals surface area (Å²) >= 11 is 1.20. The number of hydrazone groups is 1. The van der Waals surface area contributed by atoms with E-state index in [0.717, 1.165) is 11.3 Å². The molecule has 0 aliphatic heterocycles. The van der Waals surface area contributed by atoms with Crippen LogP contribution in [-0.2, 0) is 9.59 Å². The van der Waals surface area contributed by atoms with Gasteiger partial charge < -0.3 is 19.3 Å². The van der Waals surface area contributed by atoms with Crippen molar-refractivity contribution in [1.82, 2.24) is 20.2 Å². The summed E-state index contributed by atoms with van der Waals surface area (Å²) < 4.78 is 17.9. The Morgan fingerprint density at radius 3 is 2.46 bits per heavy atom. The number of carboxylic acid groups (broad SMARTS) is 1. The molecule has 0 spiro atoms. The van der Waals surface area contributed by atoms with Crippen LogP contribution in [0.1, 0.15) is 5.56 Å². The van der Waals surface area contributed by atoms with Crippen molar-refractivity contribution in [2.75, 3.05) is 26.6 Å². The van der Waals surface area contributed by atoms with Crippen molar-refractivity contribution in [1.29, 1.82) is 0 Å². The Kier molecular flexibility index (Phi) is 9.14. The molecule has 0 unspecified atom stereocenters. The number of carboxylic acids is 1. The van der Waals surface area contributed by atoms with Crippen LogP contribution in [0.2, 0.25) is 0 Å². The molecular weight excluding hydrogens is 522 g/mol. The molecule has 0 saturated carbocycles. The first-order chi connectivity index (χ1) is 19.0. The van der Waals surface area contributed by atoms with Crippen LogP contribution in [0.25, 0.3) is 17.1 Å². The number of thioether (sulfide) groups is 1. The van der Waals surface area contributed by atoms with Crippen molar-refractivity contribution < 1.29 is 28.9 Å². The van der Waals surface area contributed by atoms with E-state index in [1.807, 2.05) is 47.0 Å². The number of rotatable bonds is 12. The van der Waals surface area contributed by atoms with Gasteiger partial charge >= 0.3 is 5.97 Å². The van der Waals surface area contributed by atoms with E-state index in [1.54, 1.807) is 44.6 Å². The Morgan fingerprint density at radius 2 is 1.72 bits per heavy atom. The average molecular weight is 548 g/mol. The second-order valence-corrected chi connectivity index (χ2v) is 8.79. The third-order valence-corrected chi connectivity index (χ3v) is 6.21. The zero-order valence-electron chi connectivity index (χ0n) is 21.1. The quantitative estimate of drug-likeness (QED) is 0.155. The molecule has 0 bridgehead atoms. The normalized spacial score (nSPS) is 10.8. The number of aromatic nitrogens is 3. The van der Waals surface area contributed by atoms with E-state index < -0.39 is 12.6 Å². The number of aliphatic carboxylic acids is 1. The number of para-hydroxylation sites is 2. The van der Waals surface area contributed by atoms with Crippen LogP contribution in [0.15, 0.2) is 83.1 Å². The van der Waals surface area contributed by atoms with Crippen LogP contribution in [0, 0.1) is 0 Å². The maximum absolute atomic E-state index is 12.5. The maximum Gasteiger partial charge on any atom is 0.341 e. The molecule has 0 aliphatic rings. The lowest BCUT2D eigenvalue weighted by Gasteiger charge is -2.12. The van der Waals surface area contributed by atoms with Gasteiger partial charge in [-0.3, -0.25) is 9.36 Å². The molecule has 12 heteroatoms. The smallest absolute Gasteiger partial charge is 0.341 e. The molecule has 0 saturated heterocycles. The SMILES string of the molecule is COc1ccc(-c2nnc(SCC(=O)N/N=C/c3ccccc3OCC(=O)O)n2-c2ccccc2)cc1OC. The number of nitrogens with one attached hydrogen (secondary N) is 1. The molecule has 0 fully saturated rings. The van der Waals surface area contributed by atoms with Gasteiger partial charge in [0.25, 0.3) is 5.91 Å². The first-order valence-electron chi connectivity index (χ1n) is 11.6. The van der Waals surface area contributed by atoms with Crippen LogP contribution < -0.4 is 19.6 Å². The number of carbonyl (C=O) groups is 2. The lowest BCUT2D eigenvalue weighted by atomic mass is 10.2. The van der Waals surface area contributed by atoms with Crippen LogP contribution in [0.4, 0.5) is 0 Å². The highest BCUT2D eigenvalue weighted by atomic mass is 32.2. The second-order valence-electron chi connectivity index (χ2n) is 7.85. The summed E-state index contributed by atoms with van der Waals surface area (Å²) in [6, 6.07) is 21.8. The molecule has 0 radical (unpaired) electrons. The second kappa shape index (κ2) is 13.1. The van der Waals surface area contributed by atoms with Crippen LogP contribution in [-0.4, -0.2) is 64.5 Å². The van der Waals surface area contributed by atoms with E-state index in [1.165, 1.54) is 18.0 Å². The standard InChI is InChI=1S/C27H25N5O6S/c1-36-22-13-12-18(14-23(22)37-2)26-30-31-27(32(26)20-9-4-3-5-10-20)39-17-24(33)29-28-15-19-8-6-7-11-21(19)38-16-25(34)35/h3-15H,16-17H2,1-2H3,(H,29,33)(H,34,35)/b28-15+. The van der Waals surface area contributed by atoms with Gasteiger partial charge in [-0.25, -0.2) is 10.2 Å². The van der Waals surface area contributed by atoms with Gasteiger partial charge in [0.2, 0.25) is 0 Å². The summed E-state index contributed by atoms with van der Waals surface area (Å²) in [6.07, 6.45) is 1.39. The lowest BCUT2D eigenvalue weighted by molar-refractivity contribution is -0.139. The van der Waals surface area contributed by atoms with E-state index in [0.29, 0.717) is 33.8 Å². The number of ether oxygens (including phenoxy) is 3. The van der Waals surface area contributed by atoms with E-state index >= 15 is 0 Å². The Labute approximate surface area is 228 Å². The van der Waals surface area contributed by atoms with E-state index in [-0.39, 0.29) is 11.7 Å². The highest BCUT2D eigenvalue weighted by molar-refractivity contribution is 7.99. The van der Waals surface area contributed by atoms with E-state index in [9.17, 15) is 9.59 Å². The van der Waals surface area contributed by atoms with Crippen molar-refractivity contribution in [3.05, 3.63) is 78.4 Å².